The zero-order valence-electron chi connectivity index (χ0n) is 11.3. The van der Waals surface area contributed by atoms with Crippen LogP contribution in [0, 0.1) is 6.92 Å². The summed E-state index contributed by atoms with van der Waals surface area (Å²) in [5.74, 6) is 0.634. The third-order valence-electron chi connectivity index (χ3n) is 2.84. The predicted octanol–water partition coefficient (Wildman–Crippen LogP) is 3.88. The molecule has 0 fully saturated rings. The highest BCUT2D eigenvalue weighted by atomic mass is 14.9. The maximum atomic E-state index is 3.54. The molecule has 1 rings (SSSR count). The quantitative estimate of drug-likeness (QED) is 0.810. The van der Waals surface area contributed by atoms with E-state index in [1.165, 1.54) is 17.5 Å². The van der Waals surface area contributed by atoms with Crippen molar-refractivity contribution in [2.45, 2.75) is 52.5 Å². The van der Waals surface area contributed by atoms with E-state index < -0.39 is 0 Å². The van der Waals surface area contributed by atoms with E-state index in [-0.39, 0.29) is 5.54 Å². The normalized spacial score (nSPS) is 13.8. The first-order chi connectivity index (χ1) is 7.38. The molecule has 1 nitrogen and oxygen atoms in total. The summed E-state index contributed by atoms with van der Waals surface area (Å²) in [6.07, 6.45) is 1.20. The van der Waals surface area contributed by atoms with E-state index in [4.69, 9.17) is 0 Å². The Balaban J connectivity index is 2.44. The zero-order valence-corrected chi connectivity index (χ0v) is 11.3. The largest absolute Gasteiger partial charge is 0.312 e. The molecule has 0 saturated heterocycles. The molecule has 1 aromatic carbocycles. The van der Waals surface area contributed by atoms with Gasteiger partial charge in [0.1, 0.15) is 0 Å². The highest BCUT2D eigenvalue weighted by molar-refractivity contribution is 5.24. The lowest BCUT2D eigenvalue weighted by atomic mass is 9.96. The van der Waals surface area contributed by atoms with Crippen molar-refractivity contribution in [2.24, 2.45) is 0 Å². The molecule has 0 aliphatic heterocycles. The van der Waals surface area contributed by atoms with Crippen LogP contribution in [-0.2, 0) is 0 Å². The highest BCUT2D eigenvalue weighted by Crippen LogP contribution is 2.19. The molecule has 1 heteroatoms. The van der Waals surface area contributed by atoms with Crippen molar-refractivity contribution in [3.63, 3.8) is 0 Å². The molecule has 1 atom stereocenters. The number of hydrogen-bond donors (Lipinski definition) is 1. The third kappa shape index (κ3) is 4.80. The maximum Gasteiger partial charge on any atom is 0.00965 e. The lowest BCUT2D eigenvalue weighted by Crippen LogP contribution is -2.36. The van der Waals surface area contributed by atoms with Gasteiger partial charge in [-0.25, -0.2) is 0 Å². The molecule has 0 bridgehead atoms. The van der Waals surface area contributed by atoms with Crippen LogP contribution in [0.1, 0.15) is 51.2 Å². The van der Waals surface area contributed by atoms with Crippen LogP contribution < -0.4 is 5.32 Å². The first-order valence-electron chi connectivity index (χ1n) is 6.20. The summed E-state index contributed by atoms with van der Waals surface area (Å²) in [6, 6.07) is 8.83. The Morgan fingerprint density at radius 1 is 1.25 bits per heavy atom. The summed E-state index contributed by atoms with van der Waals surface area (Å²) < 4.78 is 0. The molecule has 0 spiro atoms. The number of aryl methyl sites for hydroxylation is 1. The summed E-state index contributed by atoms with van der Waals surface area (Å²) in [5.41, 5.74) is 3.04. The number of rotatable bonds is 4. The van der Waals surface area contributed by atoms with Gasteiger partial charge in [-0.05, 0) is 52.1 Å². The van der Waals surface area contributed by atoms with Crippen molar-refractivity contribution < 1.29 is 0 Å². The number of hydrogen-bond acceptors (Lipinski definition) is 1. The fraction of sp³-hybridized carbons (Fsp3) is 0.600. The molecular formula is C15H25N. The average Bonchev–Trinajstić information content (AvgIpc) is 2.15. The summed E-state index contributed by atoms with van der Waals surface area (Å²) in [6.45, 7) is 12.2. The molecule has 90 valence electrons. The molecule has 0 amide bonds. The minimum Gasteiger partial charge on any atom is -0.312 e. The van der Waals surface area contributed by atoms with Crippen LogP contribution in [-0.4, -0.2) is 12.1 Å². The Morgan fingerprint density at radius 2 is 1.94 bits per heavy atom. The van der Waals surface area contributed by atoms with Crippen molar-refractivity contribution >= 4 is 0 Å². The SMILES string of the molecule is Cc1cccc(C(C)CCNC(C)(C)C)c1. The summed E-state index contributed by atoms with van der Waals surface area (Å²) in [4.78, 5) is 0. The minimum atomic E-state index is 0.228. The summed E-state index contributed by atoms with van der Waals surface area (Å²) in [7, 11) is 0. The first kappa shape index (κ1) is 13.2. The molecule has 1 unspecified atom stereocenters. The average molecular weight is 219 g/mol. The van der Waals surface area contributed by atoms with E-state index in [0.717, 1.165) is 6.54 Å². The second kappa shape index (κ2) is 5.49. The third-order valence-corrected chi connectivity index (χ3v) is 2.84. The van der Waals surface area contributed by atoms with Crippen molar-refractivity contribution in [1.29, 1.82) is 0 Å². The predicted molar refractivity (Wildman–Crippen MR) is 72.0 cm³/mol. The van der Waals surface area contributed by atoms with Crippen molar-refractivity contribution in [2.75, 3.05) is 6.54 Å². The van der Waals surface area contributed by atoms with Crippen LogP contribution in [0.2, 0.25) is 0 Å². The van der Waals surface area contributed by atoms with Gasteiger partial charge in [0, 0.05) is 5.54 Å². The molecule has 0 aliphatic rings. The Hall–Kier alpha value is -0.820. The molecule has 0 aromatic heterocycles. The van der Waals surface area contributed by atoms with Gasteiger partial charge >= 0.3 is 0 Å². The van der Waals surface area contributed by atoms with Gasteiger partial charge in [-0.2, -0.15) is 0 Å². The van der Waals surface area contributed by atoms with Crippen LogP contribution in [0.3, 0.4) is 0 Å². The van der Waals surface area contributed by atoms with E-state index in [1.54, 1.807) is 0 Å². The molecule has 16 heavy (non-hydrogen) atoms. The maximum absolute atomic E-state index is 3.54. The van der Waals surface area contributed by atoms with E-state index in [1.807, 2.05) is 0 Å². The molecule has 0 saturated carbocycles. The van der Waals surface area contributed by atoms with Gasteiger partial charge in [-0.1, -0.05) is 36.8 Å². The molecule has 0 aliphatic carbocycles. The van der Waals surface area contributed by atoms with Crippen molar-refractivity contribution in [3.8, 4) is 0 Å². The second-order valence-electron chi connectivity index (χ2n) is 5.78. The smallest absolute Gasteiger partial charge is 0.00965 e. The Morgan fingerprint density at radius 3 is 2.50 bits per heavy atom. The lowest BCUT2D eigenvalue weighted by molar-refractivity contribution is 0.413. The number of nitrogens with one attached hydrogen (secondary N) is 1. The molecular weight excluding hydrogens is 194 g/mol. The van der Waals surface area contributed by atoms with Gasteiger partial charge < -0.3 is 5.32 Å². The van der Waals surface area contributed by atoms with Crippen molar-refractivity contribution in [1.82, 2.24) is 5.32 Å². The Kier molecular flexibility index (Phi) is 4.55. The van der Waals surface area contributed by atoms with Gasteiger partial charge in [-0.15, -0.1) is 0 Å². The second-order valence-corrected chi connectivity index (χ2v) is 5.78. The van der Waals surface area contributed by atoms with E-state index in [9.17, 15) is 0 Å². The molecule has 1 N–H and O–H groups in total. The first-order valence-corrected chi connectivity index (χ1v) is 6.20. The Bertz CT molecular complexity index is 322. The molecule has 0 radical (unpaired) electrons. The molecule has 0 heterocycles. The number of benzene rings is 1. The van der Waals surface area contributed by atoms with Gasteiger partial charge in [0.2, 0.25) is 0 Å². The topological polar surface area (TPSA) is 12.0 Å². The van der Waals surface area contributed by atoms with Crippen LogP contribution in [0.15, 0.2) is 24.3 Å². The van der Waals surface area contributed by atoms with E-state index in [0.29, 0.717) is 5.92 Å². The van der Waals surface area contributed by atoms with Crippen LogP contribution >= 0.6 is 0 Å². The van der Waals surface area contributed by atoms with Gasteiger partial charge in [-0.3, -0.25) is 0 Å². The highest BCUT2D eigenvalue weighted by Gasteiger charge is 2.10. The van der Waals surface area contributed by atoms with E-state index >= 15 is 0 Å². The lowest BCUT2D eigenvalue weighted by Gasteiger charge is -2.22. The van der Waals surface area contributed by atoms with Gasteiger partial charge in [0.05, 0.1) is 0 Å². The summed E-state index contributed by atoms with van der Waals surface area (Å²) in [5, 5.41) is 3.54. The van der Waals surface area contributed by atoms with Gasteiger partial charge in [0.15, 0.2) is 0 Å². The standard InChI is InChI=1S/C15H25N/c1-12-7-6-8-14(11-12)13(2)9-10-16-15(3,4)5/h6-8,11,13,16H,9-10H2,1-5H3. The van der Waals surface area contributed by atoms with Crippen molar-refractivity contribution in [3.05, 3.63) is 35.4 Å². The Labute approximate surface area is 100 Å². The zero-order chi connectivity index (χ0) is 12.2. The monoisotopic (exact) mass is 219 g/mol. The van der Waals surface area contributed by atoms with E-state index in [2.05, 4.69) is 64.2 Å². The van der Waals surface area contributed by atoms with Gasteiger partial charge in [0.25, 0.3) is 0 Å². The minimum absolute atomic E-state index is 0.228. The van der Waals surface area contributed by atoms with Crippen LogP contribution in [0.5, 0.6) is 0 Å². The molecule has 1 aromatic rings. The fourth-order valence-corrected chi connectivity index (χ4v) is 1.81. The summed E-state index contributed by atoms with van der Waals surface area (Å²) >= 11 is 0. The fourth-order valence-electron chi connectivity index (χ4n) is 1.81. The van der Waals surface area contributed by atoms with Crippen LogP contribution in [0.25, 0.3) is 0 Å². The van der Waals surface area contributed by atoms with Crippen LogP contribution in [0.4, 0.5) is 0 Å².